The number of anilines is 1. The van der Waals surface area contributed by atoms with E-state index in [1.807, 2.05) is 13.8 Å². The van der Waals surface area contributed by atoms with Crippen LogP contribution in [0.15, 0.2) is 16.6 Å². The zero-order valence-electron chi connectivity index (χ0n) is 11.5. The Balaban J connectivity index is 2.11. The smallest absolute Gasteiger partial charge is 0.252 e. The molecule has 20 heavy (non-hydrogen) atoms. The maximum absolute atomic E-state index is 13.3. The van der Waals surface area contributed by atoms with Crippen LogP contribution in [-0.2, 0) is 4.74 Å². The molecule has 0 aliphatic carbocycles. The van der Waals surface area contributed by atoms with E-state index < -0.39 is 5.82 Å². The van der Waals surface area contributed by atoms with Gasteiger partial charge >= 0.3 is 0 Å². The summed E-state index contributed by atoms with van der Waals surface area (Å²) in [7, 11) is 0. The highest BCUT2D eigenvalue weighted by atomic mass is 79.9. The van der Waals surface area contributed by atoms with Gasteiger partial charge in [0.1, 0.15) is 5.82 Å². The molecule has 1 aliphatic rings. The van der Waals surface area contributed by atoms with Crippen molar-refractivity contribution >= 4 is 27.5 Å². The fourth-order valence-corrected chi connectivity index (χ4v) is 2.85. The van der Waals surface area contributed by atoms with Gasteiger partial charge in [0.2, 0.25) is 0 Å². The fraction of sp³-hybridized carbons (Fsp3) is 0.500. The Morgan fingerprint density at radius 1 is 1.55 bits per heavy atom. The second-order valence-electron chi connectivity index (χ2n) is 5.62. The molecule has 3 N–H and O–H groups in total. The van der Waals surface area contributed by atoms with E-state index >= 15 is 0 Å². The van der Waals surface area contributed by atoms with Gasteiger partial charge in [-0.1, -0.05) is 0 Å². The lowest BCUT2D eigenvalue weighted by Gasteiger charge is -2.35. The molecule has 1 aromatic carbocycles. The van der Waals surface area contributed by atoms with Gasteiger partial charge < -0.3 is 15.8 Å². The molecule has 1 atom stereocenters. The van der Waals surface area contributed by atoms with Crippen LogP contribution in [0, 0.1) is 5.82 Å². The summed E-state index contributed by atoms with van der Waals surface area (Å²) in [5, 5.41) is 2.95. The van der Waals surface area contributed by atoms with Gasteiger partial charge in [0.25, 0.3) is 5.91 Å². The standard InChI is InChI=1S/C14H18BrFN2O2/c1-14(2)7-8(3-4-20-14)18-13(19)9-5-12(17)11(16)6-10(9)15/h5-6,8H,3-4,7,17H2,1-2H3,(H,18,19). The Morgan fingerprint density at radius 3 is 2.90 bits per heavy atom. The molecule has 6 heteroatoms. The summed E-state index contributed by atoms with van der Waals surface area (Å²) in [5.41, 5.74) is 5.57. The van der Waals surface area contributed by atoms with Crippen LogP contribution >= 0.6 is 15.9 Å². The Labute approximate surface area is 126 Å². The molecule has 1 aromatic rings. The number of halogens is 2. The average Bonchev–Trinajstić information content (AvgIpc) is 2.32. The third-order valence-electron chi connectivity index (χ3n) is 3.36. The maximum atomic E-state index is 13.3. The van der Waals surface area contributed by atoms with E-state index in [1.165, 1.54) is 12.1 Å². The predicted octanol–water partition coefficient (Wildman–Crippen LogP) is 2.86. The van der Waals surface area contributed by atoms with Crippen LogP contribution in [0.5, 0.6) is 0 Å². The summed E-state index contributed by atoms with van der Waals surface area (Å²) in [6.07, 6.45) is 1.51. The van der Waals surface area contributed by atoms with Gasteiger partial charge in [0.05, 0.1) is 16.9 Å². The molecule has 1 fully saturated rings. The first-order valence-corrected chi connectivity index (χ1v) is 7.27. The van der Waals surface area contributed by atoms with Crippen molar-refractivity contribution in [1.82, 2.24) is 5.32 Å². The van der Waals surface area contributed by atoms with E-state index in [0.717, 1.165) is 12.8 Å². The second-order valence-corrected chi connectivity index (χ2v) is 6.48. The molecule has 2 rings (SSSR count). The van der Waals surface area contributed by atoms with E-state index in [1.54, 1.807) is 0 Å². The molecule has 1 amide bonds. The molecule has 0 bridgehead atoms. The molecule has 4 nitrogen and oxygen atoms in total. The summed E-state index contributed by atoms with van der Waals surface area (Å²) >= 11 is 3.19. The van der Waals surface area contributed by atoms with Crippen molar-refractivity contribution in [3.63, 3.8) is 0 Å². The molecule has 1 saturated heterocycles. The number of ether oxygens (including phenoxy) is 1. The van der Waals surface area contributed by atoms with Crippen LogP contribution in [0.2, 0.25) is 0 Å². The predicted molar refractivity (Wildman–Crippen MR) is 79.0 cm³/mol. The first-order valence-electron chi connectivity index (χ1n) is 6.48. The molecule has 1 unspecified atom stereocenters. The Bertz CT molecular complexity index is 534. The summed E-state index contributed by atoms with van der Waals surface area (Å²) in [6, 6.07) is 2.60. The molecule has 0 spiro atoms. The van der Waals surface area contributed by atoms with Gasteiger partial charge in [-0.2, -0.15) is 0 Å². The van der Waals surface area contributed by atoms with Gasteiger partial charge in [0, 0.05) is 17.1 Å². The van der Waals surface area contributed by atoms with Crippen molar-refractivity contribution in [3.8, 4) is 0 Å². The Hall–Kier alpha value is -1.14. The number of hydrogen-bond acceptors (Lipinski definition) is 3. The van der Waals surface area contributed by atoms with Crippen LogP contribution in [0.4, 0.5) is 10.1 Å². The van der Waals surface area contributed by atoms with Crippen molar-refractivity contribution in [2.45, 2.75) is 38.3 Å². The van der Waals surface area contributed by atoms with Gasteiger partial charge in [-0.05, 0) is 54.8 Å². The van der Waals surface area contributed by atoms with Crippen LogP contribution in [0.25, 0.3) is 0 Å². The maximum Gasteiger partial charge on any atom is 0.252 e. The normalized spacial score (nSPS) is 21.5. The quantitative estimate of drug-likeness (QED) is 0.810. The van der Waals surface area contributed by atoms with E-state index in [9.17, 15) is 9.18 Å². The zero-order valence-corrected chi connectivity index (χ0v) is 13.1. The molecule has 0 saturated carbocycles. The van der Waals surface area contributed by atoms with Gasteiger partial charge in [0.15, 0.2) is 0 Å². The summed E-state index contributed by atoms with van der Waals surface area (Å²) in [5.74, 6) is -0.799. The van der Waals surface area contributed by atoms with Crippen molar-refractivity contribution < 1.29 is 13.9 Å². The van der Waals surface area contributed by atoms with E-state index in [-0.39, 0.29) is 23.2 Å². The number of hydrogen-bond donors (Lipinski definition) is 2. The minimum Gasteiger partial charge on any atom is -0.396 e. The lowest BCUT2D eigenvalue weighted by atomic mass is 9.94. The molecule has 0 aromatic heterocycles. The van der Waals surface area contributed by atoms with Gasteiger partial charge in [-0.3, -0.25) is 4.79 Å². The van der Waals surface area contributed by atoms with Crippen LogP contribution in [0.1, 0.15) is 37.0 Å². The summed E-state index contributed by atoms with van der Waals surface area (Å²) in [4.78, 5) is 12.2. The number of amides is 1. The number of benzene rings is 1. The molecule has 110 valence electrons. The second kappa shape index (κ2) is 5.69. The monoisotopic (exact) mass is 344 g/mol. The number of nitrogens with two attached hydrogens (primary N) is 1. The topological polar surface area (TPSA) is 64.4 Å². The molecule has 1 aliphatic heterocycles. The summed E-state index contributed by atoms with van der Waals surface area (Å²) < 4.78 is 19.3. The summed E-state index contributed by atoms with van der Waals surface area (Å²) in [6.45, 7) is 4.61. The highest BCUT2D eigenvalue weighted by Crippen LogP contribution is 2.26. The van der Waals surface area contributed by atoms with E-state index in [0.29, 0.717) is 16.6 Å². The minimum atomic E-state index is -0.541. The Morgan fingerprint density at radius 2 is 2.25 bits per heavy atom. The third-order valence-corrected chi connectivity index (χ3v) is 4.02. The third kappa shape index (κ3) is 3.49. The van der Waals surface area contributed by atoms with Crippen molar-refractivity contribution in [3.05, 3.63) is 28.0 Å². The van der Waals surface area contributed by atoms with Gasteiger partial charge in [-0.15, -0.1) is 0 Å². The lowest BCUT2D eigenvalue weighted by Crippen LogP contribution is -2.45. The Kier molecular flexibility index (Phi) is 4.34. The molecular weight excluding hydrogens is 327 g/mol. The lowest BCUT2D eigenvalue weighted by molar-refractivity contribution is -0.0615. The number of nitrogen functional groups attached to an aromatic ring is 1. The van der Waals surface area contributed by atoms with Crippen molar-refractivity contribution in [1.29, 1.82) is 0 Å². The fourth-order valence-electron chi connectivity index (χ4n) is 2.36. The SMILES string of the molecule is CC1(C)CC(NC(=O)c2cc(N)c(F)cc2Br)CCO1. The van der Waals surface area contributed by atoms with E-state index in [4.69, 9.17) is 10.5 Å². The largest absolute Gasteiger partial charge is 0.396 e. The van der Waals surface area contributed by atoms with E-state index in [2.05, 4.69) is 21.2 Å². The molecule has 0 radical (unpaired) electrons. The zero-order chi connectivity index (χ0) is 14.9. The van der Waals surface area contributed by atoms with Crippen LogP contribution in [-0.4, -0.2) is 24.2 Å². The highest BCUT2D eigenvalue weighted by molar-refractivity contribution is 9.10. The van der Waals surface area contributed by atoms with Crippen molar-refractivity contribution in [2.75, 3.05) is 12.3 Å². The number of nitrogens with one attached hydrogen (secondary N) is 1. The number of carbonyl (C=O) groups is 1. The molecule has 1 heterocycles. The van der Waals surface area contributed by atoms with Crippen molar-refractivity contribution in [2.24, 2.45) is 0 Å². The van der Waals surface area contributed by atoms with Crippen LogP contribution in [0.3, 0.4) is 0 Å². The number of rotatable bonds is 2. The average molecular weight is 345 g/mol. The highest BCUT2D eigenvalue weighted by Gasteiger charge is 2.30. The minimum absolute atomic E-state index is 0.0364. The first-order chi connectivity index (χ1) is 9.28. The first kappa shape index (κ1) is 15.3. The number of carbonyl (C=O) groups excluding carboxylic acids is 1. The van der Waals surface area contributed by atoms with Gasteiger partial charge in [-0.25, -0.2) is 4.39 Å². The molecular formula is C14H18BrFN2O2. The van der Waals surface area contributed by atoms with Crippen LogP contribution < -0.4 is 11.1 Å².